The second kappa shape index (κ2) is 2.70. The number of primary amides is 1. The van der Waals surface area contributed by atoms with Gasteiger partial charge in [-0.1, -0.05) is 0 Å². The Balaban J connectivity index is 2.76. The summed E-state index contributed by atoms with van der Waals surface area (Å²) in [5, 5.41) is 0.770. The lowest BCUT2D eigenvalue weighted by Crippen LogP contribution is -2.11. The number of nitrogen functional groups attached to an aromatic ring is 1. The Hall–Kier alpha value is -1.62. The van der Waals surface area contributed by atoms with Gasteiger partial charge in [-0.25, -0.2) is 0 Å². The van der Waals surface area contributed by atoms with Crippen LogP contribution in [0.5, 0.6) is 0 Å². The second-order valence-electron chi connectivity index (χ2n) is 2.65. The van der Waals surface area contributed by atoms with Crippen LogP contribution >= 0.6 is 11.5 Å². The molecule has 1 heterocycles. The van der Waals surface area contributed by atoms with Gasteiger partial charge in [0.15, 0.2) is 0 Å². The molecule has 0 aliphatic carbocycles. The van der Waals surface area contributed by atoms with Crippen LogP contribution in [0.3, 0.4) is 0 Å². The average molecular weight is 193 g/mol. The summed E-state index contributed by atoms with van der Waals surface area (Å²) in [5.74, 6) is -0.504. The van der Waals surface area contributed by atoms with E-state index in [4.69, 9.17) is 11.5 Å². The standard InChI is InChI=1S/C8H7N3OS/c9-4-1-2-5-6(3-4)13-11-7(5)8(10)12/h1-3H,9H2,(H2,10,12). The quantitative estimate of drug-likeness (QED) is 0.662. The number of carbonyl (C=O) groups excluding carboxylic acids is 1. The van der Waals surface area contributed by atoms with Crippen molar-refractivity contribution in [3.05, 3.63) is 23.9 Å². The van der Waals surface area contributed by atoms with Crippen molar-refractivity contribution < 1.29 is 4.79 Å². The third-order valence-electron chi connectivity index (χ3n) is 1.73. The van der Waals surface area contributed by atoms with Crippen LogP contribution in [0.25, 0.3) is 10.1 Å². The van der Waals surface area contributed by atoms with E-state index in [0.717, 1.165) is 10.1 Å². The number of carbonyl (C=O) groups is 1. The molecule has 0 aliphatic heterocycles. The monoisotopic (exact) mass is 193 g/mol. The fourth-order valence-electron chi connectivity index (χ4n) is 1.13. The molecule has 0 bridgehead atoms. The highest BCUT2D eigenvalue weighted by Crippen LogP contribution is 2.24. The van der Waals surface area contributed by atoms with Crippen molar-refractivity contribution in [3.63, 3.8) is 0 Å². The van der Waals surface area contributed by atoms with Gasteiger partial charge in [0.25, 0.3) is 5.91 Å². The maximum Gasteiger partial charge on any atom is 0.269 e. The summed E-state index contributed by atoms with van der Waals surface area (Å²) in [6.07, 6.45) is 0. The lowest BCUT2D eigenvalue weighted by molar-refractivity contribution is 0.0998. The van der Waals surface area contributed by atoms with Gasteiger partial charge in [-0.15, -0.1) is 0 Å². The van der Waals surface area contributed by atoms with Crippen LogP contribution in [-0.2, 0) is 0 Å². The van der Waals surface area contributed by atoms with Gasteiger partial charge < -0.3 is 11.5 Å². The van der Waals surface area contributed by atoms with Crippen LogP contribution in [0.1, 0.15) is 10.5 Å². The van der Waals surface area contributed by atoms with Crippen molar-refractivity contribution in [2.75, 3.05) is 5.73 Å². The van der Waals surface area contributed by atoms with Gasteiger partial charge in [0.1, 0.15) is 5.69 Å². The molecule has 66 valence electrons. The van der Waals surface area contributed by atoms with Crippen LogP contribution in [0.4, 0.5) is 5.69 Å². The van der Waals surface area contributed by atoms with Crippen LogP contribution < -0.4 is 11.5 Å². The third kappa shape index (κ3) is 1.23. The molecule has 2 rings (SSSR count). The van der Waals surface area contributed by atoms with Gasteiger partial charge in [0, 0.05) is 11.1 Å². The summed E-state index contributed by atoms with van der Waals surface area (Å²) < 4.78 is 4.83. The van der Waals surface area contributed by atoms with Crippen LogP contribution in [0.2, 0.25) is 0 Å². The number of amides is 1. The van der Waals surface area contributed by atoms with Gasteiger partial charge in [0.2, 0.25) is 0 Å². The highest BCUT2D eigenvalue weighted by molar-refractivity contribution is 7.13. The highest BCUT2D eigenvalue weighted by atomic mass is 32.1. The Morgan fingerprint density at radius 1 is 1.46 bits per heavy atom. The summed E-state index contributed by atoms with van der Waals surface area (Å²) >= 11 is 1.23. The smallest absolute Gasteiger partial charge is 0.269 e. The summed E-state index contributed by atoms with van der Waals surface area (Å²) in [4.78, 5) is 10.9. The number of rotatable bonds is 1. The molecule has 4 N–H and O–H groups in total. The first-order valence-corrected chi connectivity index (χ1v) is 4.40. The van der Waals surface area contributed by atoms with E-state index in [1.54, 1.807) is 18.2 Å². The largest absolute Gasteiger partial charge is 0.399 e. The van der Waals surface area contributed by atoms with E-state index >= 15 is 0 Å². The fraction of sp³-hybridized carbons (Fsp3) is 0. The van der Waals surface area contributed by atoms with Crippen molar-refractivity contribution in [2.45, 2.75) is 0 Å². The number of nitrogens with two attached hydrogens (primary N) is 2. The zero-order chi connectivity index (χ0) is 9.42. The normalized spacial score (nSPS) is 10.5. The van der Waals surface area contributed by atoms with Gasteiger partial charge in [-0.2, -0.15) is 4.37 Å². The summed E-state index contributed by atoms with van der Waals surface area (Å²) in [6, 6.07) is 5.26. The number of anilines is 1. The average Bonchev–Trinajstić information content (AvgIpc) is 2.46. The zero-order valence-electron chi connectivity index (χ0n) is 6.65. The molecule has 0 saturated heterocycles. The maximum atomic E-state index is 10.9. The van der Waals surface area contributed by atoms with Crippen molar-refractivity contribution in [1.82, 2.24) is 4.37 Å². The second-order valence-corrected chi connectivity index (χ2v) is 3.46. The summed E-state index contributed by atoms with van der Waals surface area (Å²) in [7, 11) is 0. The third-order valence-corrected chi connectivity index (χ3v) is 2.54. The molecule has 0 spiro atoms. The Bertz CT molecular complexity index is 477. The fourth-order valence-corrected chi connectivity index (χ4v) is 1.96. The molecular formula is C8H7N3OS. The Morgan fingerprint density at radius 2 is 2.23 bits per heavy atom. The van der Waals surface area contributed by atoms with E-state index in [1.165, 1.54) is 11.5 Å². The molecule has 0 fully saturated rings. The van der Waals surface area contributed by atoms with Crippen LogP contribution in [0.15, 0.2) is 18.2 Å². The number of hydrogen-bond donors (Lipinski definition) is 2. The highest BCUT2D eigenvalue weighted by Gasteiger charge is 2.10. The van der Waals surface area contributed by atoms with Crippen LogP contribution in [0, 0.1) is 0 Å². The molecule has 1 amide bonds. The van der Waals surface area contributed by atoms with Crippen molar-refractivity contribution in [2.24, 2.45) is 5.73 Å². The summed E-state index contributed by atoms with van der Waals surface area (Å²) in [5.41, 5.74) is 11.7. The van der Waals surface area contributed by atoms with Crippen molar-refractivity contribution >= 4 is 33.2 Å². The maximum absolute atomic E-state index is 10.9. The van der Waals surface area contributed by atoms with Gasteiger partial charge in [-0.05, 0) is 29.7 Å². The Morgan fingerprint density at radius 3 is 2.92 bits per heavy atom. The van der Waals surface area contributed by atoms with E-state index in [9.17, 15) is 4.79 Å². The van der Waals surface area contributed by atoms with Crippen molar-refractivity contribution in [3.8, 4) is 0 Å². The first-order chi connectivity index (χ1) is 6.18. The molecule has 0 saturated carbocycles. The minimum Gasteiger partial charge on any atom is -0.399 e. The topological polar surface area (TPSA) is 82.0 Å². The first kappa shape index (κ1) is 8.00. The SMILES string of the molecule is NC(=O)c1nsc2cc(N)ccc12. The van der Waals surface area contributed by atoms with Crippen molar-refractivity contribution in [1.29, 1.82) is 0 Å². The lowest BCUT2D eigenvalue weighted by atomic mass is 10.2. The Kier molecular flexibility index (Phi) is 1.66. The van der Waals surface area contributed by atoms with E-state index in [1.807, 2.05) is 0 Å². The van der Waals surface area contributed by atoms with Gasteiger partial charge in [0.05, 0.1) is 4.70 Å². The lowest BCUT2D eigenvalue weighted by Gasteiger charge is -1.92. The number of hydrogen-bond acceptors (Lipinski definition) is 4. The Labute approximate surface area is 78.3 Å². The number of fused-ring (bicyclic) bond motifs is 1. The minimum atomic E-state index is -0.504. The molecule has 13 heavy (non-hydrogen) atoms. The molecule has 4 nitrogen and oxygen atoms in total. The molecule has 5 heteroatoms. The number of benzene rings is 1. The molecular weight excluding hydrogens is 186 g/mol. The predicted octanol–water partition coefficient (Wildman–Crippen LogP) is 0.977. The number of aromatic nitrogens is 1. The van der Waals surface area contributed by atoms with Gasteiger partial charge >= 0.3 is 0 Å². The molecule has 0 radical (unpaired) electrons. The van der Waals surface area contributed by atoms with Crippen LogP contribution in [-0.4, -0.2) is 10.3 Å². The molecule has 1 aromatic heterocycles. The molecule has 0 aliphatic rings. The van der Waals surface area contributed by atoms with E-state index in [-0.39, 0.29) is 0 Å². The summed E-state index contributed by atoms with van der Waals surface area (Å²) in [6.45, 7) is 0. The molecule has 2 aromatic rings. The molecule has 1 aromatic carbocycles. The molecule has 0 unspecified atom stereocenters. The first-order valence-electron chi connectivity index (χ1n) is 3.63. The minimum absolute atomic E-state index is 0.319. The van der Waals surface area contributed by atoms with E-state index < -0.39 is 5.91 Å². The van der Waals surface area contributed by atoms with E-state index in [2.05, 4.69) is 4.37 Å². The van der Waals surface area contributed by atoms with Gasteiger partial charge in [-0.3, -0.25) is 4.79 Å². The predicted molar refractivity (Wildman–Crippen MR) is 52.6 cm³/mol. The zero-order valence-corrected chi connectivity index (χ0v) is 7.47. The molecule has 0 atom stereocenters. The van der Waals surface area contributed by atoms with E-state index in [0.29, 0.717) is 11.4 Å². The number of nitrogens with zero attached hydrogens (tertiary/aromatic N) is 1.